The van der Waals surface area contributed by atoms with Gasteiger partial charge in [-0.15, -0.1) is 0 Å². The van der Waals surface area contributed by atoms with Gasteiger partial charge in [-0.05, 0) is 50.6 Å². The average Bonchev–Trinajstić information content (AvgIpc) is 2.41. The molecular formula is C14H26N2O3. The van der Waals surface area contributed by atoms with Gasteiger partial charge in [-0.25, -0.2) is 0 Å². The van der Waals surface area contributed by atoms with Gasteiger partial charge in [0.1, 0.15) is 0 Å². The molecule has 3 N–H and O–H groups in total. The van der Waals surface area contributed by atoms with E-state index in [4.69, 9.17) is 5.11 Å². The predicted octanol–water partition coefficient (Wildman–Crippen LogP) is 1.38. The Morgan fingerprint density at radius 2 is 2.00 bits per heavy atom. The van der Waals surface area contributed by atoms with E-state index in [0.29, 0.717) is 25.3 Å². The molecule has 5 heteroatoms. The summed E-state index contributed by atoms with van der Waals surface area (Å²) in [5.41, 5.74) is 0. The molecular weight excluding hydrogens is 244 g/mol. The molecule has 1 rings (SSSR count). The number of carboxylic acids is 1. The van der Waals surface area contributed by atoms with Crippen LogP contribution >= 0.6 is 0 Å². The van der Waals surface area contributed by atoms with Crippen LogP contribution in [0.25, 0.3) is 0 Å². The largest absolute Gasteiger partial charge is 0.481 e. The Morgan fingerprint density at radius 3 is 2.63 bits per heavy atom. The third kappa shape index (κ3) is 7.82. The maximum Gasteiger partial charge on any atom is 0.303 e. The van der Waals surface area contributed by atoms with Crippen molar-refractivity contribution in [2.45, 2.75) is 45.4 Å². The van der Waals surface area contributed by atoms with E-state index in [1.54, 1.807) is 0 Å². The molecule has 0 saturated carbocycles. The fourth-order valence-electron chi connectivity index (χ4n) is 2.35. The van der Waals surface area contributed by atoms with Crippen molar-refractivity contribution in [3.63, 3.8) is 0 Å². The number of piperidine rings is 1. The molecule has 1 fully saturated rings. The molecule has 0 radical (unpaired) electrons. The summed E-state index contributed by atoms with van der Waals surface area (Å²) < 4.78 is 0. The second kappa shape index (κ2) is 8.91. The Bertz CT molecular complexity index is 288. The van der Waals surface area contributed by atoms with E-state index in [1.165, 1.54) is 12.8 Å². The first kappa shape index (κ1) is 16.0. The van der Waals surface area contributed by atoms with Crippen molar-refractivity contribution in [3.05, 3.63) is 0 Å². The zero-order chi connectivity index (χ0) is 14.1. The molecule has 19 heavy (non-hydrogen) atoms. The molecule has 0 aromatic rings. The fourth-order valence-corrected chi connectivity index (χ4v) is 2.35. The van der Waals surface area contributed by atoms with Crippen LogP contribution in [0.3, 0.4) is 0 Å². The SMILES string of the molecule is CC(CCC(=O)O)CNC(=O)CCC1CCNCC1. The first-order valence-electron chi connectivity index (χ1n) is 7.27. The van der Waals surface area contributed by atoms with Gasteiger partial charge in [0.05, 0.1) is 0 Å². The highest BCUT2D eigenvalue weighted by molar-refractivity contribution is 5.75. The Morgan fingerprint density at radius 1 is 1.32 bits per heavy atom. The molecule has 1 amide bonds. The van der Waals surface area contributed by atoms with E-state index in [1.807, 2.05) is 6.92 Å². The van der Waals surface area contributed by atoms with Gasteiger partial charge in [0, 0.05) is 19.4 Å². The van der Waals surface area contributed by atoms with Crippen molar-refractivity contribution in [1.82, 2.24) is 10.6 Å². The normalized spacial score (nSPS) is 17.9. The summed E-state index contributed by atoms with van der Waals surface area (Å²) in [4.78, 5) is 22.1. The van der Waals surface area contributed by atoms with Gasteiger partial charge in [0.15, 0.2) is 0 Å². The molecule has 1 unspecified atom stereocenters. The lowest BCUT2D eigenvalue weighted by Gasteiger charge is -2.22. The van der Waals surface area contributed by atoms with Crippen LogP contribution < -0.4 is 10.6 Å². The molecule has 5 nitrogen and oxygen atoms in total. The maximum atomic E-state index is 11.7. The summed E-state index contributed by atoms with van der Waals surface area (Å²) in [6.07, 6.45) is 4.69. The van der Waals surface area contributed by atoms with Gasteiger partial charge in [-0.2, -0.15) is 0 Å². The average molecular weight is 270 g/mol. The number of nitrogens with one attached hydrogen (secondary N) is 2. The number of carbonyl (C=O) groups excluding carboxylic acids is 1. The minimum atomic E-state index is -0.774. The molecule has 1 heterocycles. The molecule has 0 aliphatic carbocycles. The molecule has 1 saturated heterocycles. The highest BCUT2D eigenvalue weighted by Gasteiger charge is 2.14. The van der Waals surface area contributed by atoms with Crippen LogP contribution in [0.4, 0.5) is 0 Å². The van der Waals surface area contributed by atoms with Crippen LogP contribution in [0.5, 0.6) is 0 Å². The number of hydrogen-bond donors (Lipinski definition) is 3. The second-order valence-corrected chi connectivity index (χ2v) is 5.57. The van der Waals surface area contributed by atoms with Gasteiger partial charge >= 0.3 is 5.97 Å². The summed E-state index contributed by atoms with van der Waals surface area (Å²) in [6.45, 7) is 4.69. The second-order valence-electron chi connectivity index (χ2n) is 5.57. The third-order valence-electron chi connectivity index (χ3n) is 3.74. The van der Waals surface area contributed by atoms with Crippen molar-refractivity contribution >= 4 is 11.9 Å². The van der Waals surface area contributed by atoms with Crippen LogP contribution in [0.15, 0.2) is 0 Å². The molecule has 110 valence electrons. The van der Waals surface area contributed by atoms with Gasteiger partial charge in [-0.1, -0.05) is 6.92 Å². The summed E-state index contributed by atoms with van der Waals surface area (Å²) >= 11 is 0. The van der Waals surface area contributed by atoms with Crippen molar-refractivity contribution in [3.8, 4) is 0 Å². The van der Waals surface area contributed by atoms with Crippen LogP contribution in [0, 0.1) is 11.8 Å². The van der Waals surface area contributed by atoms with Crippen LogP contribution in [0.1, 0.15) is 45.4 Å². The Labute approximate surface area is 115 Å². The zero-order valence-electron chi connectivity index (χ0n) is 11.8. The summed E-state index contributed by atoms with van der Waals surface area (Å²) in [7, 11) is 0. The highest BCUT2D eigenvalue weighted by Crippen LogP contribution is 2.17. The monoisotopic (exact) mass is 270 g/mol. The van der Waals surface area contributed by atoms with E-state index in [-0.39, 0.29) is 18.2 Å². The Hall–Kier alpha value is -1.10. The van der Waals surface area contributed by atoms with Crippen molar-refractivity contribution in [2.75, 3.05) is 19.6 Å². The van der Waals surface area contributed by atoms with Crippen LogP contribution in [-0.2, 0) is 9.59 Å². The van der Waals surface area contributed by atoms with Crippen LogP contribution in [-0.4, -0.2) is 36.6 Å². The predicted molar refractivity (Wildman–Crippen MR) is 73.9 cm³/mol. The number of carboxylic acid groups (broad SMARTS) is 1. The van der Waals surface area contributed by atoms with E-state index in [0.717, 1.165) is 19.5 Å². The Balaban J connectivity index is 2.05. The quantitative estimate of drug-likeness (QED) is 0.622. The molecule has 1 atom stereocenters. The number of rotatable bonds is 8. The summed E-state index contributed by atoms with van der Waals surface area (Å²) in [5, 5.41) is 14.8. The minimum Gasteiger partial charge on any atom is -0.481 e. The molecule has 1 aliphatic heterocycles. The van der Waals surface area contributed by atoms with Gasteiger partial charge in [-0.3, -0.25) is 9.59 Å². The summed E-state index contributed by atoms with van der Waals surface area (Å²) in [5.74, 6) is 0.222. The van der Waals surface area contributed by atoms with Gasteiger partial charge in [0.25, 0.3) is 0 Å². The molecule has 1 aliphatic rings. The zero-order valence-corrected chi connectivity index (χ0v) is 11.8. The molecule has 0 bridgehead atoms. The summed E-state index contributed by atoms with van der Waals surface area (Å²) in [6, 6.07) is 0. The first-order valence-corrected chi connectivity index (χ1v) is 7.27. The fraction of sp³-hybridized carbons (Fsp3) is 0.857. The molecule has 0 aromatic carbocycles. The van der Waals surface area contributed by atoms with Gasteiger partial charge < -0.3 is 15.7 Å². The number of hydrogen-bond acceptors (Lipinski definition) is 3. The first-order chi connectivity index (χ1) is 9.08. The standard InChI is InChI=1S/C14H26N2O3/c1-11(2-5-14(18)19)10-16-13(17)4-3-12-6-8-15-9-7-12/h11-12,15H,2-10H2,1H3,(H,16,17)(H,18,19). The van der Waals surface area contributed by atoms with E-state index in [2.05, 4.69) is 10.6 Å². The van der Waals surface area contributed by atoms with Crippen LogP contribution in [0.2, 0.25) is 0 Å². The lowest BCUT2D eigenvalue weighted by Crippen LogP contribution is -2.31. The lowest BCUT2D eigenvalue weighted by atomic mass is 9.93. The molecule has 0 spiro atoms. The van der Waals surface area contributed by atoms with Crippen molar-refractivity contribution < 1.29 is 14.7 Å². The van der Waals surface area contributed by atoms with Crippen molar-refractivity contribution in [1.29, 1.82) is 0 Å². The highest BCUT2D eigenvalue weighted by atomic mass is 16.4. The number of amides is 1. The van der Waals surface area contributed by atoms with E-state index < -0.39 is 5.97 Å². The lowest BCUT2D eigenvalue weighted by molar-refractivity contribution is -0.137. The number of carbonyl (C=O) groups is 2. The Kier molecular flexibility index (Phi) is 7.48. The van der Waals surface area contributed by atoms with Crippen molar-refractivity contribution in [2.24, 2.45) is 11.8 Å². The van der Waals surface area contributed by atoms with E-state index in [9.17, 15) is 9.59 Å². The maximum absolute atomic E-state index is 11.7. The third-order valence-corrected chi connectivity index (χ3v) is 3.74. The van der Waals surface area contributed by atoms with E-state index >= 15 is 0 Å². The van der Waals surface area contributed by atoms with Gasteiger partial charge in [0.2, 0.25) is 5.91 Å². The smallest absolute Gasteiger partial charge is 0.303 e. The minimum absolute atomic E-state index is 0.0979. The number of aliphatic carboxylic acids is 1. The molecule has 0 aromatic heterocycles. The topological polar surface area (TPSA) is 78.4 Å².